The SMILES string of the molecule is C[C@H](NC(=O)C1CCCC1)c1nc(-c2ccc(N(C)C)cc2)no1. The zero-order chi connectivity index (χ0) is 17.1. The van der Waals surface area contributed by atoms with Crippen molar-refractivity contribution < 1.29 is 9.32 Å². The van der Waals surface area contributed by atoms with Crippen LogP contribution in [-0.2, 0) is 4.79 Å². The van der Waals surface area contributed by atoms with Gasteiger partial charge >= 0.3 is 0 Å². The van der Waals surface area contributed by atoms with Crippen LogP contribution >= 0.6 is 0 Å². The number of anilines is 1. The van der Waals surface area contributed by atoms with Crippen LogP contribution in [0.4, 0.5) is 5.69 Å². The van der Waals surface area contributed by atoms with E-state index in [0.29, 0.717) is 11.7 Å². The van der Waals surface area contributed by atoms with Crippen molar-refractivity contribution >= 4 is 11.6 Å². The first-order valence-electron chi connectivity index (χ1n) is 8.46. The van der Waals surface area contributed by atoms with Crippen LogP contribution in [0.5, 0.6) is 0 Å². The van der Waals surface area contributed by atoms with Crippen LogP contribution in [-0.4, -0.2) is 30.1 Å². The van der Waals surface area contributed by atoms with Gasteiger partial charge < -0.3 is 14.7 Å². The number of nitrogens with one attached hydrogen (secondary N) is 1. The Morgan fingerprint density at radius 1 is 1.25 bits per heavy atom. The van der Waals surface area contributed by atoms with Crippen LogP contribution in [0.1, 0.15) is 44.5 Å². The molecule has 2 aromatic rings. The van der Waals surface area contributed by atoms with Crippen molar-refractivity contribution in [3.63, 3.8) is 0 Å². The fourth-order valence-electron chi connectivity index (χ4n) is 3.02. The van der Waals surface area contributed by atoms with E-state index >= 15 is 0 Å². The zero-order valence-corrected chi connectivity index (χ0v) is 14.5. The predicted molar refractivity (Wildman–Crippen MR) is 92.6 cm³/mol. The zero-order valence-electron chi connectivity index (χ0n) is 14.5. The highest BCUT2D eigenvalue weighted by molar-refractivity contribution is 5.79. The van der Waals surface area contributed by atoms with Crippen LogP contribution in [0.15, 0.2) is 28.8 Å². The molecule has 0 spiro atoms. The van der Waals surface area contributed by atoms with Crippen molar-refractivity contribution in [3.05, 3.63) is 30.2 Å². The normalized spacial score (nSPS) is 16.1. The molecule has 0 aliphatic heterocycles. The molecule has 24 heavy (non-hydrogen) atoms. The molecule has 1 saturated carbocycles. The molecule has 0 radical (unpaired) electrons. The fraction of sp³-hybridized carbons (Fsp3) is 0.500. The third-order valence-corrected chi connectivity index (χ3v) is 4.54. The highest BCUT2D eigenvalue weighted by Crippen LogP contribution is 2.26. The third-order valence-electron chi connectivity index (χ3n) is 4.54. The molecule has 1 aliphatic carbocycles. The maximum atomic E-state index is 12.2. The second-order valence-electron chi connectivity index (χ2n) is 6.61. The molecule has 0 saturated heterocycles. The third kappa shape index (κ3) is 3.58. The summed E-state index contributed by atoms with van der Waals surface area (Å²) in [5.74, 6) is 1.20. The lowest BCUT2D eigenvalue weighted by molar-refractivity contribution is -0.125. The molecule has 128 valence electrons. The molecule has 1 aromatic carbocycles. The molecule has 1 aliphatic rings. The average Bonchev–Trinajstić information content (AvgIpc) is 3.26. The highest BCUT2D eigenvalue weighted by atomic mass is 16.5. The van der Waals surface area contributed by atoms with Gasteiger partial charge in [-0.25, -0.2) is 0 Å². The Morgan fingerprint density at radius 2 is 1.92 bits per heavy atom. The molecule has 6 nitrogen and oxygen atoms in total. The van der Waals surface area contributed by atoms with Crippen LogP contribution in [0, 0.1) is 5.92 Å². The molecular weight excluding hydrogens is 304 g/mol. The van der Waals surface area contributed by atoms with E-state index in [9.17, 15) is 4.79 Å². The predicted octanol–water partition coefficient (Wildman–Crippen LogP) is 3.17. The van der Waals surface area contributed by atoms with E-state index in [2.05, 4.69) is 15.5 Å². The van der Waals surface area contributed by atoms with Crippen LogP contribution in [0.25, 0.3) is 11.4 Å². The van der Waals surface area contributed by atoms with E-state index in [4.69, 9.17) is 4.52 Å². The smallest absolute Gasteiger partial charge is 0.249 e. The van der Waals surface area contributed by atoms with Gasteiger partial charge in [-0.1, -0.05) is 18.0 Å². The van der Waals surface area contributed by atoms with Gasteiger partial charge in [0.15, 0.2) is 0 Å². The summed E-state index contributed by atoms with van der Waals surface area (Å²) in [6, 6.07) is 7.67. The minimum Gasteiger partial charge on any atom is -0.378 e. The Hall–Kier alpha value is -2.37. The summed E-state index contributed by atoms with van der Waals surface area (Å²) in [6.45, 7) is 1.87. The van der Waals surface area contributed by atoms with E-state index < -0.39 is 0 Å². The molecular formula is C18H24N4O2. The number of hydrogen-bond acceptors (Lipinski definition) is 5. The standard InChI is InChI=1S/C18H24N4O2/c1-12(19-17(23)14-6-4-5-7-14)18-20-16(21-24-18)13-8-10-15(11-9-13)22(2)3/h8-12,14H,4-7H2,1-3H3,(H,19,23)/t12-/m0/s1. The Kier molecular flexibility index (Phi) is 4.83. The van der Waals surface area contributed by atoms with Crippen LogP contribution in [0.2, 0.25) is 0 Å². The Bertz CT molecular complexity index is 687. The van der Waals surface area contributed by atoms with Crippen molar-refractivity contribution in [2.45, 2.75) is 38.6 Å². The lowest BCUT2D eigenvalue weighted by Crippen LogP contribution is -2.31. The van der Waals surface area contributed by atoms with E-state index in [-0.39, 0.29) is 17.9 Å². The maximum absolute atomic E-state index is 12.2. The van der Waals surface area contributed by atoms with Gasteiger partial charge in [-0.2, -0.15) is 4.98 Å². The second kappa shape index (κ2) is 7.03. The second-order valence-corrected chi connectivity index (χ2v) is 6.61. The molecule has 1 atom stereocenters. The van der Waals surface area contributed by atoms with Crippen LogP contribution < -0.4 is 10.2 Å². The molecule has 1 aromatic heterocycles. The minimum atomic E-state index is -0.277. The maximum Gasteiger partial charge on any atom is 0.249 e. The van der Waals surface area contributed by atoms with Crippen molar-refractivity contribution in [3.8, 4) is 11.4 Å². The molecule has 1 heterocycles. The summed E-state index contributed by atoms with van der Waals surface area (Å²) in [5, 5.41) is 7.02. The number of amides is 1. The van der Waals surface area contributed by atoms with Crippen LogP contribution in [0.3, 0.4) is 0 Å². The monoisotopic (exact) mass is 328 g/mol. The number of hydrogen-bond donors (Lipinski definition) is 1. The topological polar surface area (TPSA) is 71.3 Å². The molecule has 6 heteroatoms. The first-order valence-corrected chi connectivity index (χ1v) is 8.46. The minimum absolute atomic E-state index is 0.0927. The van der Waals surface area contributed by atoms with Gasteiger partial charge in [0, 0.05) is 31.3 Å². The van der Waals surface area contributed by atoms with Gasteiger partial charge in [0.1, 0.15) is 6.04 Å². The first-order chi connectivity index (χ1) is 11.5. The lowest BCUT2D eigenvalue weighted by Gasteiger charge is -2.13. The molecule has 0 unspecified atom stereocenters. The van der Waals surface area contributed by atoms with Crippen molar-refractivity contribution in [2.75, 3.05) is 19.0 Å². The number of rotatable bonds is 5. The molecule has 1 fully saturated rings. The van der Waals surface area contributed by atoms with Crippen molar-refractivity contribution in [1.29, 1.82) is 0 Å². The quantitative estimate of drug-likeness (QED) is 0.913. The van der Waals surface area contributed by atoms with Crippen molar-refractivity contribution in [2.24, 2.45) is 5.92 Å². The summed E-state index contributed by atoms with van der Waals surface area (Å²) < 4.78 is 5.34. The number of carbonyl (C=O) groups is 1. The van der Waals surface area contributed by atoms with E-state index in [1.54, 1.807) is 0 Å². The van der Waals surface area contributed by atoms with Gasteiger partial charge in [-0.3, -0.25) is 4.79 Å². The molecule has 1 amide bonds. The summed E-state index contributed by atoms with van der Waals surface area (Å²) in [4.78, 5) is 18.7. The largest absolute Gasteiger partial charge is 0.378 e. The first kappa shape index (κ1) is 16.5. The van der Waals surface area contributed by atoms with E-state index in [1.165, 1.54) is 0 Å². The summed E-state index contributed by atoms with van der Waals surface area (Å²) in [7, 11) is 3.99. The molecule has 0 bridgehead atoms. The Morgan fingerprint density at radius 3 is 2.54 bits per heavy atom. The Balaban J connectivity index is 1.66. The number of carbonyl (C=O) groups excluding carboxylic acids is 1. The number of aromatic nitrogens is 2. The van der Waals surface area contributed by atoms with Gasteiger partial charge in [0.2, 0.25) is 17.6 Å². The highest BCUT2D eigenvalue weighted by Gasteiger charge is 2.25. The Labute approximate surface area is 142 Å². The number of nitrogens with zero attached hydrogens (tertiary/aromatic N) is 3. The average molecular weight is 328 g/mol. The summed E-state index contributed by atoms with van der Waals surface area (Å²) in [6.07, 6.45) is 4.23. The van der Waals surface area contributed by atoms with E-state index in [0.717, 1.165) is 36.9 Å². The fourth-order valence-corrected chi connectivity index (χ4v) is 3.02. The van der Waals surface area contributed by atoms with Gasteiger partial charge in [-0.15, -0.1) is 0 Å². The summed E-state index contributed by atoms with van der Waals surface area (Å²) >= 11 is 0. The number of benzene rings is 1. The lowest BCUT2D eigenvalue weighted by atomic mass is 10.1. The van der Waals surface area contributed by atoms with Gasteiger partial charge in [-0.05, 0) is 44.0 Å². The van der Waals surface area contributed by atoms with E-state index in [1.807, 2.05) is 50.2 Å². The summed E-state index contributed by atoms with van der Waals surface area (Å²) in [5.41, 5.74) is 2.00. The van der Waals surface area contributed by atoms with Crippen molar-refractivity contribution in [1.82, 2.24) is 15.5 Å². The van der Waals surface area contributed by atoms with Gasteiger partial charge in [0.25, 0.3) is 0 Å². The molecule has 3 rings (SSSR count). The van der Waals surface area contributed by atoms with Gasteiger partial charge in [0.05, 0.1) is 0 Å². The molecule has 1 N–H and O–H groups in total.